The number of amides is 4. The van der Waals surface area contributed by atoms with Crippen LogP contribution in [-0.4, -0.2) is 65.6 Å². The van der Waals surface area contributed by atoms with Crippen molar-refractivity contribution in [1.29, 1.82) is 0 Å². The molecule has 0 spiro atoms. The fourth-order valence-corrected chi connectivity index (χ4v) is 4.10. The maximum Gasteiger partial charge on any atom is 0.263 e. The number of carbonyl (C=O) groups excluding carboxylic acids is 4. The standard InChI is InChI=1S/C18H19ClN4O4/c19-15-10(9-22-7-5-20-6-8-22)1-2-11-14(15)18(27)23(17(11)26)12-3-4-13(24)21-16(12)25/h1-2,12,20H,3-9H2,(H,21,24,25). The van der Waals surface area contributed by atoms with E-state index in [0.29, 0.717) is 6.54 Å². The van der Waals surface area contributed by atoms with Gasteiger partial charge in [0.05, 0.1) is 16.1 Å². The van der Waals surface area contributed by atoms with Gasteiger partial charge in [0, 0.05) is 39.1 Å². The molecular weight excluding hydrogens is 372 g/mol. The van der Waals surface area contributed by atoms with Crippen LogP contribution in [0.4, 0.5) is 0 Å². The molecule has 142 valence electrons. The van der Waals surface area contributed by atoms with E-state index in [1.807, 2.05) is 0 Å². The van der Waals surface area contributed by atoms with E-state index >= 15 is 0 Å². The van der Waals surface area contributed by atoms with Gasteiger partial charge in [-0.25, -0.2) is 0 Å². The fraction of sp³-hybridized carbons (Fsp3) is 0.444. The number of rotatable bonds is 3. The second-order valence-electron chi connectivity index (χ2n) is 6.93. The second kappa shape index (κ2) is 7.03. The molecular formula is C18H19ClN4O4. The molecule has 0 aromatic heterocycles. The van der Waals surface area contributed by atoms with Crippen LogP contribution in [0.5, 0.6) is 0 Å². The van der Waals surface area contributed by atoms with Gasteiger partial charge in [-0.1, -0.05) is 17.7 Å². The number of fused-ring (bicyclic) bond motifs is 1. The monoisotopic (exact) mass is 390 g/mol. The zero-order valence-electron chi connectivity index (χ0n) is 14.6. The summed E-state index contributed by atoms with van der Waals surface area (Å²) in [6.07, 6.45) is 0.215. The summed E-state index contributed by atoms with van der Waals surface area (Å²) in [6, 6.07) is 2.38. The summed E-state index contributed by atoms with van der Waals surface area (Å²) in [5.74, 6) is -2.14. The molecule has 0 bridgehead atoms. The van der Waals surface area contributed by atoms with Crippen molar-refractivity contribution < 1.29 is 19.2 Å². The molecule has 3 heterocycles. The first-order valence-corrected chi connectivity index (χ1v) is 9.31. The van der Waals surface area contributed by atoms with Crippen LogP contribution in [0.3, 0.4) is 0 Å². The minimum Gasteiger partial charge on any atom is -0.314 e. The van der Waals surface area contributed by atoms with E-state index in [0.717, 1.165) is 36.6 Å². The molecule has 0 radical (unpaired) electrons. The van der Waals surface area contributed by atoms with Crippen LogP contribution >= 0.6 is 11.6 Å². The lowest BCUT2D eigenvalue weighted by atomic mass is 10.0. The summed E-state index contributed by atoms with van der Waals surface area (Å²) in [5, 5.41) is 5.73. The van der Waals surface area contributed by atoms with Gasteiger partial charge in [0.2, 0.25) is 11.8 Å². The quantitative estimate of drug-likeness (QED) is 0.713. The Balaban J connectivity index is 1.62. The van der Waals surface area contributed by atoms with Crippen molar-refractivity contribution in [2.75, 3.05) is 26.2 Å². The summed E-state index contributed by atoms with van der Waals surface area (Å²) in [7, 11) is 0. The maximum absolute atomic E-state index is 12.9. The third kappa shape index (κ3) is 3.13. The van der Waals surface area contributed by atoms with Crippen molar-refractivity contribution in [2.45, 2.75) is 25.4 Å². The molecule has 4 amide bonds. The summed E-state index contributed by atoms with van der Waals surface area (Å²) in [5.41, 5.74) is 1.14. The topological polar surface area (TPSA) is 98.8 Å². The SMILES string of the molecule is O=C1CCC(N2C(=O)c3ccc(CN4CCNCC4)c(Cl)c3C2=O)C(=O)N1. The van der Waals surface area contributed by atoms with E-state index in [1.54, 1.807) is 12.1 Å². The molecule has 3 aliphatic rings. The molecule has 9 heteroatoms. The average Bonchev–Trinajstić information content (AvgIpc) is 2.90. The van der Waals surface area contributed by atoms with Crippen molar-refractivity contribution in [1.82, 2.24) is 20.4 Å². The summed E-state index contributed by atoms with van der Waals surface area (Å²) >= 11 is 6.50. The zero-order chi connectivity index (χ0) is 19.1. The van der Waals surface area contributed by atoms with Gasteiger partial charge >= 0.3 is 0 Å². The van der Waals surface area contributed by atoms with Crippen LogP contribution in [0.1, 0.15) is 39.1 Å². The van der Waals surface area contributed by atoms with Crippen LogP contribution in [0.2, 0.25) is 5.02 Å². The van der Waals surface area contributed by atoms with Gasteiger partial charge < -0.3 is 5.32 Å². The van der Waals surface area contributed by atoms with Gasteiger partial charge in [0.1, 0.15) is 6.04 Å². The number of piperazine rings is 1. The molecule has 1 aromatic carbocycles. The number of hydrogen-bond acceptors (Lipinski definition) is 6. The van der Waals surface area contributed by atoms with Gasteiger partial charge in [-0.2, -0.15) is 0 Å². The van der Waals surface area contributed by atoms with Gasteiger partial charge in [-0.05, 0) is 18.1 Å². The first-order chi connectivity index (χ1) is 13.0. The summed E-state index contributed by atoms with van der Waals surface area (Å²) < 4.78 is 0. The number of carbonyl (C=O) groups is 4. The predicted molar refractivity (Wildman–Crippen MR) is 96.3 cm³/mol. The van der Waals surface area contributed by atoms with Crippen LogP contribution in [-0.2, 0) is 16.1 Å². The highest BCUT2D eigenvalue weighted by Gasteiger charge is 2.45. The van der Waals surface area contributed by atoms with E-state index < -0.39 is 29.7 Å². The number of nitrogens with one attached hydrogen (secondary N) is 2. The fourth-order valence-electron chi connectivity index (χ4n) is 3.79. The largest absolute Gasteiger partial charge is 0.314 e. The zero-order valence-corrected chi connectivity index (χ0v) is 15.3. The van der Waals surface area contributed by atoms with Gasteiger partial charge in [-0.3, -0.25) is 34.3 Å². The number of hydrogen-bond donors (Lipinski definition) is 2. The molecule has 0 aliphatic carbocycles. The Morgan fingerprint density at radius 3 is 2.52 bits per heavy atom. The molecule has 2 N–H and O–H groups in total. The Bertz CT molecular complexity index is 850. The first kappa shape index (κ1) is 18.1. The number of piperidine rings is 1. The summed E-state index contributed by atoms with van der Waals surface area (Å²) in [6.45, 7) is 4.13. The Labute approximate surface area is 160 Å². The van der Waals surface area contributed by atoms with Crippen LogP contribution in [0.25, 0.3) is 0 Å². The van der Waals surface area contributed by atoms with Crippen molar-refractivity contribution >= 4 is 35.2 Å². The molecule has 1 atom stereocenters. The molecule has 3 aliphatic heterocycles. The van der Waals surface area contributed by atoms with Crippen molar-refractivity contribution in [2.24, 2.45) is 0 Å². The normalized spacial score (nSPS) is 23.6. The number of imide groups is 2. The minimum atomic E-state index is -0.984. The molecule has 2 fully saturated rings. The molecule has 0 saturated carbocycles. The highest BCUT2D eigenvalue weighted by atomic mass is 35.5. The Hall–Kier alpha value is -2.29. The van der Waals surface area contributed by atoms with E-state index in [-0.39, 0.29) is 29.0 Å². The molecule has 2 saturated heterocycles. The maximum atomic E-state index is 12.9. The summed E-state index contributed by atoms with van der Waals surface area (Å²) in [4.78, 5) is 52.3. The second-order valence-corrected chi connectivity index (χ2v) is 7.31. The molecule has 1 unspecified atom stereocenters. The first-order valence-electron chi connectivity index (χ1n) is 8.93. The van der Waals surface area contributed by atoms with Crippen LogP contribution in [0, 0.1) is 0 Å². The van der Waals surface area contributed by atoms with Gasteiger partial charge in [-0.15, -0.1) is 0 Å². The number of halogens is 1. The molecule has 8 nitrogen and oxygen atoms in total. The van der Waals surface area contributed by atoms with Crippen LogP contribution < -0.4 is 10.6 Å². The van der Waals surface area contributed by atoms with E-state index in [1.165, 1.54) is 0 Å². The highest BCUT2D eigenvalue weighted by molar-refractivity contribution is 6.38. The molecule has 1 aromatic rings. The number of nitrogens with zero attached hydrogens (tertiary/aromatic N) is 2. The molecule has 27 heavy (non-hydrogen) atoms. The minimum absolute atomic E-state index is 0.0891. The van der Waals surface area contributed by atoms with E-state index in [4.69, 9.17) is 11.6 Å². The lowest BCUT2D eigenvalue weighted by Crippen LogP contribution is -2.54. The van der Waals surface area contributed by atoms with E-state index in [2.05, 4.69) is 15.5 Å². The number of benzene rings is 1. The van der Waals surface area contributed by atoms with Crippen molar-refractivity contribution in [3.63, 3.8) is 0 Å². The third-order valence-electron chi connectivity index (χ3n) is 5.23. The average molecular weight is 391 g/mol. The van der Waals surface area contributed by atoms with Gasteiger partial charge in [0.25, 0.3) is 11.8 Å². The third-order valence-corrected chi connectivity index (χ3v) is 5.66. The predicted octanol–water partition coefficient (Wildman–Crippen LogP) is 0.146. The van der Waals surface area contributed by atoms with Crippen molar-refractivity contribution in [3.05, 3.63) is 33.8 Å². The van der Waals surface area contributed by atoms with E-state index in [9.17, 15) is 19.2 Å². The lowest BCUT2D eigenvalue weighted by molar-refractivity contribution is -0.136. The molecule has 4 rings (SSSR count). The Kier molecular flexibility index (Phi) is 4.71. The lowest BCUT2D eigenvalue weighted by Gasteiger charge is -2.28. The Morgan fingerprint density at radius 2 is 1.81 bits per heavy atom. The van der Waals surface area contributed by atoms with Crippen molar-refractivity contribution in [3.8, 4) is 0 Å². The highest BCUT2D eigenvalue weighted by Crippen LogP contribution is 2.34. The van der Waals surface area contributed by atoms with Gasteiger partial charge in [0.15, 0.2) is 0 Å². The van der Waals surface area contributed by atoms with Crippen LogP contribution in [0.15, 0.2) is 12.1 Å². The Morgan fingerprint density at radius 1 is 1.07 bits per heavy atom. The smallest absolute Gasteiger partial charge is 0.263 e.